The lowest BCUT2D eigenvalue weighted by Gasteiger charge is -2.40. The van der Waals surface area contributed by atoms with Crippen molar-refractivity contribution in [1.82, 2.24) is 24.1 Å². The number of benzene rings is 2. The Morgan fingerprint density at radius 2 is 1.87 bits per heavy atom. The number of hydrogen-bond acceptors (Lipinski definition) is 7. The van der Waals surface area contributed by atoms with Crippen LogP contribution in [0.1, 0.15) is 11.1 Å². The lowest BCUT2D eigenvalue weighted by molar-refractivity contribution is -0.137. The SMILES string of the molecule is CS(=O)(=O)N1CCN(c2ncc3c(cnn3-c3cc(C(F)(F)F)c(Cl)c(O)c3F)n2)[C@H](Cc2ccccc2)C1. The lowest BCUT2D eigenvalue weighted by atomic mass is 10.0. The van der Waals surface area contributed by atoms with Gasteiger partial charge in [-0.15, -0.1) is 0 Å². The minimum atomic E-state index is -4.95. The number of aromatic hydroxyl groups is 1. The number of phenolic OH excluding ortho intramolecular Hbond substituents is 1. The molecule has 0 saturated carbocycles. The molecule has 3 heterocycles. The smallest absolute Gasteiger partial charge is 0.418 e. The van der Waals surface area contributed by atoms with Crippen molar-refractivity contribution in [1.29, 1.82) is 0 Å². The molecule has 4 aromatic rings. The minimum absolute atomic E-state index is 0.0851. The molecule has 0 radical (unpaired) electrons. The zero-order chi connectivity index (χ0) is 28.1. The van der Waals surface area contributed by atoms with Crippen LogP contribution in [0.25, 0.3) is 16.7 Å². The fraction of sp³-hybridized carbons (Fsp3) is 0.292. The monoisotopic (exact) mass is 584 g/mol. The molecule has 5 rings (SSSR count). The van der Waals surface area contributed by atoms with E-state index in [0.29, 0.717) is 19.0 Å². The summed E-state index contributed by atoms with van der Waals surface area (Å²) < 4.78 is 81.8. The van der Waals surface area contributed by atoms with Crippen molar-refractivity contribution in [2.75, 3.05) is 30.8 Å². The minimum Gasteiger partial charge on any atom is -0.504 e. The topological polar surface area (TPSA) is 104 Å². The second-order valence-corrected chi connectivity index (χ2v) is 11.4. The Kier molecular flexibility index (Phi) is 6.89. The standard InChI is InChI=1S/C24H21ClF4N6O3S/c1-39(37,38)33-7-8-34(15(13-33)9-14-5-3-2-4-6-14)23-30-12-19-17(32-23)11-31-35(19)18-10-16(24(27,28)29)20(25)22(36)21(18)26/h2-6,10-12,15,36H,7-9,13H2,1H3/t15-/m1/s1. The number of piperazine rings is 1. The van der Waals surface area contributed by atoms with Crippen LogP contribution in [0.4, 0.5) is 23.5 Å². The normalized spacial score (nSPS) is 17.2. The van der Waals surface area contributed by atoms with Gasteiger partial charge < -0.3 is 10.0 Å². The van der Waals surface area contributed by atoms with E-state index in [1.165, 1.54) is 16.7 Å². The van der Waals surface area contributed by atoms with E-state index in [1.807, 2.05) is 35.2 Å². The van der Waals surface area contributed by atoms with Gasteiger partial charge >= 0.3 is 6.18 Å². The fourth-order valence-corrected chi connectivity index (χ4v) is 5.66. The van der Waals surface area contributed by atoms with Crippen molar-refractivity contribution < 1.29 is 31.1 Å². The number of phenols is 1. The molecule has 1 atom stereocenters. The second kappa shape index (κ2) is 9.92. The average Bonchev–Trinajstić information content (AvgIpc) is 3.30. The van der Waals surface area contributed by atoms with Crippen LogP contribution in [0.3, 0.4) is 0 Å². The van der Waals surface area contributed by atoms with E-state index in [9.17, 15) is 31.1 Å². The lowest BCUT2D eigenvalue weighted by Crippen LogP contribution is -2.56. The highest BCUT2D eigenvalue weighted by Gasteiger charge is 2.37. The predicted molar refractivity (Wildman–Crippen MR) is 136 cm³/mol. The molecule has 39 heavy (non-hydrogen) atoms. The highest BCUT2D eigenvalue weighted by molar-refractivity contribution is 7.88. The Morgan fingerprint density at radius 1 is 1.15 bits per heavy atom. The van der Waals surface area contributed by atoms with Crippen molar-refractivity contribution >= 4 is 38.6 Å². The van der Waals surface area contributed by atoms with E-state index in [-0.39, 0.29) is 36.1 Å². The Balaban J connectivity index is 1.53. The molecule has 15 heteroatoms. The summed E-state index contributed by atoms with van der Waals surface area (Å²) in [6.07, 6.45) is -0.783. The summed E-state index contributed by atoms with van der Waals surface area (Å²) in [6, 6.07) is 9.63. The third-order valence-corrected chi connectivity index (χ3v) is 8.14. The first-order valence-corrected chi connectivity index (χ1v) is 13.8. The Hall–Kier alpha value is -3.49. The van der Waals surface area contributed by atoms with Gasteiger partial charge in [-0.25, -0.2) is 27.5 Å². The quantitative estimate of drug-likeness (QED) is 0.353. The van der Waals surface area contributed by atoms with Gasteiger partial charge in [0.2, 0.25) is 16.0 Å². The first-order chi connectivity index (χ1) is 18.3. The molecule has 0 bridgehead atoms. The maximum absolute atomic E-state index is 14.8. The molecule has 0 spiro atoms. The van der Waals surface area contributed by atoms with Crippen molar-refractivity contribution in [2.24, 2.45) is 0 Å². The van der Waals surface area contributed by atoms with Gasteiger partial charge in [0.05, 0.1) is 29.2 Å². The van der Waals surface area contributed by atoms with Gasteiger partial charge in [0.1, 0.15) is 16.7 Å². The molecule has 0 amide bonds. The molecular formula is C24H21ClF4N6O3S. The molecule has 1 saturated heterocycles. The number of rotatable bonds is 5. The van der Waals surface area contributed by atoms with Gasteiger partial charge in [0.25, 0.3) is 0 Å². The van der Waals surface area contributed by atoms with Crippen LogP contribution in [0, 0.1) is 5.82 Å². The zero-order valence-electron chi connectivity index (χ0n) is 20.3. The Bertz CT molecular complexity index is 1650. The van der Waals surface area contributed by atoms with Gasteiger partial charge in [-0.1, -0.05) is 41.9 Å². The van der Waals surface area contributed by atoms with Crippen molar-refractivity contribution in [3.8, 4) is 11.4 Å². The first-order valence-electron chi connectivity index (χ1n) is 11.6. The van der Waals surface area contributed by atoms with Gasteiger partial charge in [-0.05, 0) is 18.1 Å². The third kappa shape index (κ3) is 5.23. The maximum Gasteiger partial charge on any atom is 0.418 e. The van der Waals surface area contributed by atoms with Crippen LogP contribution in [0.15, 0.2) is 48.8 Å². The van der Waals surface area contributed by atoms with Crippen LogP contribution in [-0.2, 0) is 22.6 Å². The second-order valence-electron chi connectivity index (χ2n) is 9.07. The van der Waals surface area contributed by atoms with Crippen LogP contribution in [0.2, 0.25) is 5.02 Å². The molecule has 2 aromatic carbocycles. The molecular weight excluding hydrogens is 564 g/mol. The average molecular weight is 585 g/mol. The van der Waals surface area contributed by atoms with Gasteiger partial charge in [0, 0.05) is 25.7 Å². The van der Waals surface area contributed by atoms with Crippen molar-refractivity contribution in [3.05, 3.63) is 70.8 Å². The number of hydrogen-bond donors (Lipinski definition) is 1. The largest absolute Gasteiger partial charge is 0.504 e. The van der Waals surface area contributed by atoms with Gasteiger partial charge in [-0.3, -0.25) is 0 Å². The molecule has 2 aromatic heterocycles. The van der Waals surface area contributed by atoms with E-state index in [0.717, 1.165) is 16.5 Å². The van der Waals surface area contributed by atoms with Crippen LogP contribution < -0.4 is 4.90 Å². The molecule has 1 N–H and O–H groups in total. The predicted octanol–water partition coefficient (Wildman–Crippen LogP) is 4.03. The summed E-state index contributed by atoms with van der Waals surface area (Å²) in [5, 5.41) is 12.7. The van der Waals surface area contributed by atoms with E-state index in [2.05, 4.69) is 15.1 Å². The maximum atomic E-state index is 14.8. The number of aromatic nitrogens is 4. The summed E-state index contributed by atoms with van der Waals surface area (Å²) in [7, 11) is -3.44. The van der Waals surface area contributed by atoms with Gasteiger partial charge in [-0.2, -0.15) is 22.6 Å². The van der Waals surface area contributed by atoms with Crippen LogP contribution in [0.5, 0.6) is 5.75 Å². The number of nitrogens with zero attached hydrogens (tertiary/aromatic N) is 6. The molecule has 1 aliphatic heterocycles. The molecule has 1 fully saturated rings. The summed E-state index contributed by atoms with van der Waals surface area (Å²) >= 11 is 5.54. The molecule has 0 unspecified atom stereocenters. The molecule has 9 nitrogen and oxygen atoms in total. The fourth-order valence-electron chi connectivity index (χ4n) is 4.56. The number of fused-ring (bicyclic) bond motifs is 1. The van der Waals surface area contributed by atoms with E-state index in [4.69, 9.17) is 11.6 Å². The van der Waals surface area contributed by atoms with E-state index >= 15 is 0 Å². The van der Waals surface area contributed by atoms with Crippen molar-refractivity contribution in [3.63, 3.8) is 0 Å². The summed E-state index contributed by atoms with van der Waals surface area (Å²) in [6.45, 7) is 0.697. The molecule has 206 valence electrons. The third-order valence-electron chi connectivity index (χ3n) is 6.49. The Labute approximate surface area is 225 Å². The number of alkyl halides is 3. The molecule has 0 aliphatic carbocycles. The van der Waals surface area contributed by atoms with E-state index in [1.54, 1.807) is 0 Å². The summed E-state index contributed by atoms with van der Waals surface area (Å²) in [4.78, 5) is 10.7. The summed E-state index contributed by atoms with van der Waals surface area (Å²) in [5.74, 6) is -2.48. The van der Waals surface area contributed by atoms with Crippen LogP contribution >= 0.6 is 11.6 Å². The Morgan fingerprint density at radius 3 is 2.54 bits per heavy atom. The van der Waals surface area contributed by atoms with Gasteiger partial charge in [0.15, 0.2) is 11.6 Å². The molecule has 1 aliphatic rings. The number of sulfonamides is 1. The first kappa shape index (κ1) is 27.1. The number of anilines is 1. The highest BCUT2D eigenvalue weighted by Crippen LogP contribution is 2.42. The number of halogens is 5. The van der Waals surface area contributed by atoms with Crippen molar-refractivity contribution in [2.45, 2.75) is 18.6 Å². The highest BCUT2D eigenvalue weighted by atomic mass is 35.5. The zero-order valence-corrected chi connectivity index (χ0v) is 21.8. The summed E-state index contributed by atoms with van der Waals surface area (Å²) in [5.41, 5.74) is -0.838. The van der Waals surface area contributed by atoms with E-state index < -0.39 is 44.0 Å². The van der Waals surface area contributed by atoms with Crippen LogP contribution in [-0.4, -0.2) is 69.5 Å².